The molecule has 17 heavy (non-hydrogen) atoms. The molecule has 1 heterocycles. The maximum absolute atomic E-state index is 11.5. The standard InChI is InChI=1S/C13H13NO3/c1-8-4-5-9-6-10(13(15)17-3)7-11(16-2)12(9)14-8/h4-7H,1-3H3. The lowest BCUT2D eigenvalue weighted by molar-refractivity contribution is 0.0600. The number of aryl methyl sites for hydroxylation is 1. The van der Waals surface area contributed by atoms with Crippen LogP contribution < -0.4 is 4.74 Å². The summed E-state index contributed by atoms with van der Waals surface area (Å²) in [4.78, 5) is 15.9. The van der Waals surface area contributed by atoms with Crippen LogP contribution >= 0.6 is 0 Å². The molecule has 0 amide bonds. The third-order valence-corrected chi connectivity index (χ3v) is 2.54. The van der Waals surface area contributed by atoms with Crippen LogP contribution in [0.25, 0.3) is 10.9 Å². The van der Waals surface area contributed by atoms with Crippen LogP contribution in [0.15, 0.2) is 24.3 Å². The molecule has 1 aromatic carbocycles. The fourth-order valence-electron chi connectivity index (χ4n) is 1.69. The Morgan fingerprint density at radius 3 is 2.65 bits per heavy atom. The number of fused-ring (bicyclic) bond motifs is 1. The van der Waals surface area contributed by atoms with E-state index >= 15 is 0 Å². The van der Waals surface area contributed by atoms with Crippen LogP contribution in [0.4, 0.5) is 0 Å². The molecule has 2 rings (SSSR count). The lowest BCUT2D eigenvalue weighted by atomic mass is 10.1. The first-order chi connectivity index (χ1) is 8.15. The van der Waals surface area contributed by atoms with Crippen LogP contribution in [0.5, 0.6) is 5.75 Å². The summed E-state index contributed by atoms with van der Waals surface area (Å²) in [7, 11) is 2.91. The number of hydrogen-bond donors (Lipinski definition) is 0. The summed E-state index contributed by atoms with van der Waals surface area (Å²) in [5.74, 6) is 0.192. The molecule has 0 fully saturated rings. The number of benzene rings is 1. The van der Waals surface area contributed by atoms with Crippen LogP contribution in [-0.2, 0) is 4.74 Å². The molecule has 0 atom stereocenters. The largest absolute Gasteiger partial charge is 0.494 e. The van der Waals surface area contributed by atoms with Gasteiger partial charge in [-0.25, -0.2) is 9.78 Å². The number of hydrogen-bond acceptors (Lipinski definition) is 4. The number of methoxy groups -OCH3 is 2. The zero-order chi connectivity index (χ0) is 12.4. The van der Waals surface area contributed by atoms with Gasteiger partial charge in [-0.1, -0.05) is 6.07 Å². The quantitative estimate of drug-likeness (QED) is 0.744. The van der Waals surface area contributed by atoms with Gasteiger partial charge in [0.2, 0.25) is 0 Å². The number of nitrogens with zero attached hydrogens (tertiary/aromatic N) is 1. The van der Waals surface area contributed by atoms with Gasteiger partial charge < -0.3 is 9.47 Å². The molecule has 0 aliphatic heterocycles. The molecule has 4 heteroatoms. The van der Waals surface area contributed by atoms with E-state index in [0.29, 0.717) is 11.3 Å². The third-order valence-electron chi connectivity index (χ3n) is 2.54. The van der Waals surface area contributed by atoms with Crippen molar-refractivity contribution >= 4 is 16.9 Å². The van der Waals surface area contributed by atoms with Crippen molar-refractivity contribution < 1.29 is 14.3 Å². The lowest BCUT2D eigenvalue weighted by Crippen LogP contribution is -2.02. The Bertz CT molecular complexity index is 578. The van der Waals surface area contributed by atoms with Crippen molar-refractivity contribution in [3.8, 4) is 5.75 Å². The predicted octanol–water partition coefficient (Wildman–Crippen LogP) is 2.34. The first-order valence-electron chi connectivity index (χ1n) is 5.19. The number of aromatic nitrogens is 1. The van der Waals surface area contributed by atoms with Crippen molar-refractivity contribution in [3.63, 3.8) is 0 Å². The summed E-state index contributed by atoms with van der Waals surface area (Å²) >= 11 is 0. The van der Waals surface area contributed by atoms with Gasteiger partial charge in [0.05, 0.1) is 19.8 Å². The molecule has 0 aliphatic rings. The van der Waals surface area contributed by atoms with Crippen LogP contribution in [0.1, 0.15) is 16.1 Å². The van der Waals surface area contributed by atoms with E-state index in [1.54, 1.807) is 19.2 Å². The van der Waals surface area contributed by atoms with Gasteiger partial charge in [0.25, 0.3) is 0 Å². The Morgan fingerprint density at radius 1 is 1.24 bits per heavy atom. The minimum Gasteiger partial charge on any atom is -0.494 e. The molecule has 4 nitrogen and oxygen atoms in total. The van der Waals surface area contributed by atoms with Gasteiger partial charge in [-0.15, -0.1) is 0 Å². The van der Waals surface area contributed by atoms with E-state index in [9.17, 15) is 4.79 Å². The molecule has 0 saturated heterocycles. The molecule has 0 spiro atoms. The maximum atomic E-state index is 11.5. The van der Waals surface area contributed by atoms with E-state index in [0.717, 1.165) is 16.6 Å². The van der Waals surface area contributed by atoms with Crippen molar-refractivity contribution in [3.05, 3.63) is 35.5 Å². The predicted molar refractivity (Wildman–Crippen MR) is 64.4 cm³/mol. The average Bonchev–Trinajstić information content (AvgIpc) is 2.36. The summed E-state index contributed by atoms with van der Waals surface area (Å²) in [5, 5.41) is 0.857. The minimum absolute atomic E-state index is 0.384. The number of ether oxygens (including phenoxy) is 2. The Balaban J connectivity index is 2.70. The summed E-state index contributed by atoms with van der Waals surface area (Å²) in [6.45, 7) is 1.91. The Hall–Kier alpha value is -2.10. The fourth-order valence-corrected chi connectivity index (χ4v) is 1.69. The molecular formula is C13H13NO3. The van der Waals surface area contributed by atoms with Crippen molar-refractivity contribution in [2.45, 2.75) is 6.92 Å². The highest BCUT2D eigenvalue weighted by Crippen LogP contribution is 2.26. The van der Waals surface area contributed by atoms with Gasteiger partial charge >= 0.3 is 5.97 Å². The van der Waals surface area contributed by atoms with Crippen LogP contribution in [0.3, 0.4) is 0 Å². The van der Waals surface area contributed by atoms with Crippen molar-refractivity contribution in [2.75, 3.05) is 14.2 Å². The monoisotopic (exact) mass is 231 g/mol. The van der Waals surface area contributed by atoms with Crippen molar-refractivity contribution in [2.24, 2.45) is 0 Å². The van der Waals surface area contributed by atoms with Gasteiger partial charge in [-0.2, -0.15) is 0 Å². The van der Waals surface area contributed by atoms with Gasteiger partial charge in [-0.05, 0) is 25.1 Å². The molecule has 0 bridgehead atoms. The van der Waals surface area contributed by atoms with Crippen LogP contribution in [-0.4, -0.2) is 25.2 Å². The minimum atomic E-state index is -0.384. The second-order valence-corrected chi connectivity index (χ2v) is 3.69. The topological polar surface area (TPSA) is 48.4 Å². The number of carbonyl (C=O) groups excluding carboxylic acids is 1. The van der Waals surface area contributed by atoms with E-state index < -0.39 is 0 Å². The van der Waals surface area contributed by atoms with Gasteiger partial charge in [-0.3, -0.25) is 0 Å². The Labute approximate surface area is 99.2 Å². The molecule has 0 saturated carbocycles. The maximum Gasteiger partial charge on any atom is 0.338 e. The number of pyridine rings is 1. The van der Waals surface area contributed by atoms with E-state index in [4.69, 9.17) is 9.47 Å². The van der Waals surface area contributed by atoms with Gasteiger partial charge in [0.15, 0.2) is 0 Å². The summed E-state index contributed by atoms with van der Waals surface area (Å²) in [6, 6.07) is 7.19. The summed E-state index contributed by atoms with van der Waals surface area (Å²) in [6.07, 6.45) is 0. The van der Waals surface area contributed by atoms with E-state index in [1.807, 2.05) is 19.1 Å². The number of carbonyl (C=O) groups is 1. The molecule has 88 valence electrons. The van der Waals surface area contributed by atoms with Gasteiger partial charge in [0, 0.05) is 11.1 Å². The normalized spacial score (nSPS) is 10.3. The average molecular weight is 231 g/mol. The first kappa shape index (κ1) is 11.4. The third kappa shape index (κ3) is 2.06. The highest BCUT2D eigenvalue weighted by Gasteiger charge is 2.11. The molecule has 1 aromatic heterocycles. The number of rotatable bonds is 2. The van der Waals surface area contributed by atoms with Crippen molar-refractivity contribution in [1.29, 1.82) is 0 Å². The van der Waals surface area contributed by atoms with E-state index in [2.05, 4.69) is 4.98 Å². The lowest BCUT2D eigenvalue weighted by Gasteiger charge is -2.08. The molecule has 0 radical (unpaired) electrons. The van der Waals surface area contributed by atoms with Crippen LogP contribution in [0.2, 0.25) is 0 Å². The highest BCUT2D eigenvalue weighted by atomic mass is 16.5. The zero-order valence-corrected chi connectivity index (χ0v) is 9.98. The van der Waals surface area contributed by atoms with E-state index in [1.165, 1.54) is 7.11 Å². The first-order valence-corrected chi connectivity index (χ1v) is 5.19. The number of esters is 1. The second kappa shape index (κ2) is 4.41. The molecule has 0 aliphatic carbocycles. The molecule has 2 aromatic rings. The van der Waals surface area contributed by atoms with Crippen molar-refractivity contribution in [1.82, 2.24) is 4.98 Å². The second-order valence-electron chi connectivity index (χ2n) is 3.69. The van der Waals surface area contributed by atoms with Crippen LogP contribution in [0, 0.1) is 6.92 Å². The van der Waals surface area contributed by atoms with E-state index in [-0.39, 0.29) is 5.97 Å². The van der Waals surface area contributed by atoms with Gasteiger partial charge in [0.1, 0.15) is 11.3 Å². The Kier molecular flexibility index (Phi) is 2.95. The zero-order valence-electron chi connectivity index (χ0n) is 9.98. The molecule has 0 N–H and O–H groups in total. The highest BCUT2D eigenvalue weighted by molar-refractivity contribution is 5.97. The molecule has 0 unspecified atom stereocenters. The summed E-state index contributed by atoms with van der Waals surface area (Å²) in [5.41, 5.74) is 2.12. The Morgan fingerprint density at radius 2 is 2.00 bits per heavy atom. The smallest absolute Gasteiger partial charge is 0.338 e. The molecular weight excluding hydrogens is 218 g/mol. The summed E-state index contributed by atoms with van der Waals surface area (Å²) < 4.78 is 9.94. The fraction of sp³-hybridized carbons (Fsp3) is 0.231. The SMILES string of the molecule is COC(=O)c1cc(OC)c2nc(C)ccc2c1.